The first-order chi connectivity index (χ1) is 14.6. The molecular weight excluding hydrogens is 398 g/mol. The van der Waals surface area contributed by atoms with Crippen molar-refractivity contribution in [3.8, 4) is 0 Å². The van der Waals surface area contributed by atoms with Crippen molar-refractivity contribution < 1.29 is 4.79 Å². The second kappa shape index (κ2) is 9.13. The van der Waals surface area contributed by atoms with Gasteiger partial charge in [-0.3, -0.25) is 4.79 Å². The van der Waals surface area contributed by atoms with Crippen LogP contribution >= 0.6 is 11.6 Å². The molecule has 0 atom stereocenters. The maximum atomic E-state index is 12.6. The van der Waals surface area contributed by atoms with Crippen LogP contribution in [0.3, 0.4) is 0 Å². The molecule has 4 rings (SSSR count). The van der Waals surface area contributed by atoms with Crippen molar-refractivity contribution in [1.29, 1.82) is 0 Å². The quantitative estimate of drug-likeness (QED) is 0.604. The molecule has 2 N–H and O–H groups in total. The normalized spacial score (nSPS) is 14.4. The van der Waals surface area contributed by atoms with Gasteiger partial charge in [0.2, 0.25) is 11.9 Å². The molecule has 2 heterocycles. The first-order valence-corrected chi connectivity index (χ1v) is 10.4. The predicted molar refractivity (Wildman–Crippen MR) is 122 cm³/mol. The Kier molecular flexibility index (Phi) is 6.14. The van der Waals surface area contributed by atoms with E-state index in [0.29, 0.717) is 16.7 Å². The number of nitrogens with zero attached hydrogens (tertiary/aromatic N) is 3. The van der Waals surface area contributed by atoms with Crippen LogP contribution in [0.4, 0.5) is 23.1 Å². The molecule has 6 nitrogen and oxygen atoms in total. The Labute approximate surface area is 181 Å². The molecular formula is C23H24ClN5O. The third-order valence-corrected chi connectivity index (χ3v) is 5.58. The van der Waals surface area contributed by atoms with Gasteiger partial charge in [0, 0.05) is 30.9 Å². The molecule has 3 aromatic rings. The zero-order valence-electron chi connectivity index (χ0n) is 16.8. The average Bonchev–Trinajstić information content (AvgIpc) is 2.77. The van der Waals surface area contributed by atoms with E-state index < -0.39 is 0 Å². The van der Waals surface area contributed by atoms with Crippen LogP contribution in [-0.2, 0) is 4.79 Å². The molecule has 1 saturated heterocycles. The average molecular weight is 422 g/mol. The number of rotatable bonds is 5. The van der Waals surface area contributed by atoms with Gasteiger partial charge in [-0.05, 0) is 50.1 Å². The molecule has 1 aromatic heterocycles. The Morgan fingerprint density at radius 2 is 1.80 bits per heavy atom. The van der Waals surface area contributed by atoms with E-state index in [-0.39, 0.29) is 11.8 Å². The lowest BCUT2D eigenvalue weighted by Gasteiger charge is -2.31. The lowest BCUT2D eigenvalue weighted by Crippen LogP contribution is -2.39. The largest absolute Gasteiger partial charge is 0.341 e. The van der Waals surface area contributed by atoms with Gasteiger partial charge in [0.25, 0.3) is 0 Å². The van der Waals surface area contributed by atoms with Crippen molar-refractivity contribution in [1.82, 2.24) is 9.97 Å². The number of para-hydroxylation sites is 1. The zero-order valence-corrected chi connectivity index (χ0v) is 17.6. The summed E-state index contributed by atoms with van der Waals surface area (Å²) in [7, 11) is 0. The van der Waals surface area contributed by atoms with Gasteiger partial charge in [0.05, 0.1) is 10.7 Å². The van der Waals surface area contributed by atoms with Crippen LogP contribution in [0.15, 0.2) is 60.8 Å². The third-order valence-electron chi connectivity index (χ3n) is 5.25. The predicted octanol–water partition coefficient (Wildman–Crippen LogP) is 5.04. The second-order valence-electron chi connectivity index (χ2n) is 7.46. The number of hydrogen-bond acceptors (Lipinski definition) is 5. The monoisotopic (exact) mass is 421 g/mol. The van der Waals surface area contributed by atoms with Crippen LogP contribution in [0, 0.1) is 12.8 Å². The molecule has 1 aliphatic heterocycles. The van der Waals surface area contributed by atoms with E-state index in [2.05, 4.69) is 44.6 Å². The summed E-state index contributed by atoms with van der Waals surface area (Å²) in [5, 5.41) is 6.81. The van der Waals surface area contributed by atoms with Gasteiger partial charge in [0.1, 0.15) is 5.82 Å². The Morgan fingerprint density at radius 3 is 2.53 bits per heavy atom. The number of halogens is 1. The van der Waals surface area contributed by atoms with E-state index in [4.69, 9.17) is 11.6 Å². The molecule has 30 heavy (non-hydrogen) atoms. The Bertz CT molecular complexity index is 1020. The molecule has 154 valence electrons. The third kappa shape index (κ3) is 4.89. The second-order valence-corrected chi connectivity index (χ2v) is 7.87. The van der Waals surface area contributed by atoms with E-state index in [1.54, 1.807) is 12.3 Å². The molecule has 1 aliphatic rings. The van der Waals surface area contributed by atoms with E-state index in [9.17, 15) is 4.79 Å². The summed E-state index contributed by atoms with van der Waals surface area (Å²) in [5.74, 6) is 1.39. The molecule has 2 aromatic carbocycles. The molecule has 7 heteroatoms. The summed E-state index contributed by atoms with van der Waals surface area (Å²) in [5.41, 5.74) is 2.86. The number of carbonyl (C=O) groups excluding carboxylic acids is 1. The van der Waals surface area contributed by atoms with Gasteiger partial charge >= 0.3 is 0 Å². The number of anilines is 4. The van der Waals surface area contributed by atoms with E-state index in [1.165, 1.54) is 5.56 Å². The molecule has 1 fully saturated rings. The topological polar surface area (TPSA) is 70.2 Å². The fourth-order valence-electron chi connectivity index (χ4n) is 3.49. The van der Waals surface area contributed by atoms with Crippen LogP contribution in [0.2, 0.25) is 5.02 Å². The lowest BCUT2D eigenvalue weighted by molar-refractivity contribution is -0.120. The number of benzene rings is 2. The minimum atomic E-state index is -0.0496. The number of piperidine rings is 1. The van der Waals surface area contributed by atoms with Crippen LogP contribution in [0.1, 0.15) is 18.4 Å². The van der Waals surface area contributed by atoms with E-state index >= 15 is 0 Å². The maximum Gasteiger partial charge on any atom is 0.227 e. The van der Waals surface area contributed by atoms with E-state index in [0.717, 1.165) is 37.4 Å². The Hall–Kier alpha value is -3.12. The fraction of sp³-hybridized carbons (Fsp3) is 0.261. The van der Waals surface area contributed by atoms with Crippen molar-refractivity contribution in [3.63, 3.8) is 0 Å². The Balaban J connectivity index is 1.35. The van der Waals surface area contributed by atoms with Crippen LogP contribution < -0.4 is 15.5 Å². The molecule has 0 bridgehead atoms. The molecule has 0 saturated carbocycles. The zero-order chi connectivity index (χ0) is 20.9. The smallest absolute Gasteiger partial charge is 0.227 e. The van der Waals surface area contributed by atoms with Crippen molar-refractivity contribution >= 4 is 40.6 Å². The van der Waals surface area contributed by atoms with Gasteiger partial charge in [-0.15, -0.1) is 0 Å². The molecule has 0 spiro atoms. The van der Waals surface area contributed by atoms with Crippen LogP contribution in [0.25, 0.3) is 0 Å². The van der Waals surface area contributed by atoms with Crippen LogP contribution in [-0.4, -0.2) is 29.0 Å². The number of amides is 1. The summed E-state index contributed by atoms with van der Waals surface area (Å²) in [6, 6.07) is 17.3. The van der Waals surface area contributed by atoms with Crippen molar-refractivity contribution in [2.24, 2.45) is 5.92 Å². The summed E-state index contributed by atoms with van der Waals surface area (Å²) in [6.07, 6.45) is 3.25. The number of carbonyl (C=O) groups is 1. The highest BCUT2D eigenvalue weighted by molar-refractivity contribution is 6.33. The highest BCUT2D eigenvalue weighted by Gasteiger charge is 2.26. The molecule has 1 amide bonds. The standard InChI is InChI=1S/C23H24ClN5O/c1-16-6-8-18(9-7-16)26-21-10-13-25-23(28-21)29-14-11-17(12-15-29)22(30)27-20-5-3-2-4-19(20)24/h2-10,13,17H,11-12,14-15H2,1H3,(H,27,30)(H,25,26,28). The Morgan fingerprint density at radius 1 is 1.07 bits per heavy atom. The SMILES string of the molecule is Cc1ccc(Nc2ccnc(N3CCC(C(=O)Nc4ccccc4Cl)CC3)n2)cc1. The van der Waals surface area contributed by atoms with Gasteiger partial charge in [-0.2, -0.15) is 4.98 Å². The van der Waals surface area contributed by atoms with Gasteiger partial charge in [-0.25, -0.2) is 4.98 Å². The number of nitrogens with one attached hydrogen (secondary N) is 2. The first-order valence-electron chi connectivity index (χ1n) is 10.1. The van der Waals surface area contributed by atoms with Crippen molar-refractivity contribution in [2.75, 3.05) is 28.6 Å². The van der Waals surface area contributed by atoms with Gasteiger partial charge in [0.15, 0.2) is 0 Å². The maximum absolute atomic E-state index is 12.6. The summed E-state index contributed by atoms with van der Waals surface area (Å²) in [6.45, 7) is 3.52. The number of hydrogen-bond donors (Lipinski definition) is 2. The number of aryl methyl sites for hydroxylation is 1. The highest BCUT2D eigenvalue weighted by Crippen LogP contribution is 2.26. The first kappa shape index (κ1) is 20.2. The summed E-state index contributed by atoms with van der Waals surface area (Å²) < 4.78 is 0. The lowest BCUT2D eigenvalue weighted by atomic mass is 9.96. The minimum Gasteiger partial charge on any atom is -0.341 e. The highest BCUT2D eigenvalue weighted by atomic mass is 35.5. The van der Waals surface area contributed by atoms with Crippen LogP contribution in [0.5, 0.6) is 0 Å². The minimum absolute atomic E-state index is 0.0125. The summed E-state index contributed by atoms with van der Waals surface area (Å²) in [4.78, 5) is 23.8. The van der Waals surface area contributed by atoms with Gasteiger partial charge < -0.3 is 15.5 Å². The van der Waals surface area contributed by atoms with Crippen molar-refractivity contribution in [2.45, 2.75) is 19.8 Å². The molecule has 0 radical (unpaired) electrons. The van der Waals surface area contributed by atoms with E-state index in [1.807, 2.05) is 36.4 Å². The molecule has 0 unspecified atom stereocenters. The summed E-state index contributed by atoms with van der Waals surface area (Å²) >= 11 is 6.15. The fourth-order valence-corrected chi connectivity index (χ4v) is 3.68. The van der Waals surface area contributed by atoms with Gasteiger partial charge in [-0.1, -0.05) is 41.4 Å². The van der Waals surface area contributed by atoms with Crippen molar-refractivity contribution in [3.05, 3.63) is 71.4 Å². The molecule has 0 aliphatic carbocycles. The number of aromatic nitrogens is 2.